The summed E-state index contributed by atoms with van der Waals surface area (Å²) in [5.74, 6) is 1.28. The molecule has 2 aromatic carbocycles. The summed E-state index contributed by atoms with van der Waals surface area (Å²) in [5.41, 5.74) is 1.54. The van der Waals surface area contributed by atoms with Crippen molar-refractivity contribution in [3.63, 3.8) is 0 Å². The number of nitrogens with zero attached hydrogens (tertiary/aromatic N) is 1. The molecule has 1 heterocycles. The highest BCUT2D eigenvalue weighted by Crippen LogP contribution is 2.25. The summed E-state index contributed by atoms with van der Waals surface area (Å²) in [6.07, 6.45) is 1.14. The summed E-state index contributed by atoms with van der Waals surface area (Å²) < 4.78 is 5.18. The number of benzene rings is 2. The molecule has 1 aliphatic rings. The van der Waals surface area contributed by atoms with E-state index in [9.17, 15) is 9.59 Å². The van der Waals surface area contributed by atoms with Gasteiger partial charge < -0.3 is 15.0 Å². The van der Waals surface area contributed by atoms with Crippen molar-refractivity contribution < 1.29 is 14.3 Å². The predicted molar refractivity (Wildman–Crippen MR) is 106 cm³/mol. The fourth-order valence-electron chi connectivity index (χ4n) is 3.74. The quantitative estimate of drug-likeness (QED) is 0.887. The molecule has 2 aromatic rings. The van der Waals surface area contributed by atoms with Gasteiger partial charge >= 0.3 is 0 Å². The van der Waals surface area contributed by atoms with Crippen molar-refractivity contribution in [1.82, 2.24) is 4.90 Å². The second kappa shape index (κ2) is 8.25. The molecule has 0 aliphatic carbocycles. The highest BCUT2D eigenvalue weighted by Gasteiger charge is 2.27. The van der Waals surface area contributed by atoms with E-state index in [1.807, 2.05) is 17.0 Å². The van der Waals surface area contributed by atoms with Gasteiger partial charge in [0.1, 0.15) is 5.75 Å². The van der Waals surface area contributed by atoms with E-state index in [4.69, 9.17) is 4.74 Å². The van der Waals surface area contributed by atoms with E-state index in [-0.39, 0.29) is 11.8 Å². The zero-order valence-electron chi connectivity index (χ0n) is 16.1. The molecular weight excluding hydrogens is 340 g/mol. The first kappa shape index (κ1) is 19.0. The second-order valence-corrected chi connectivity index (χ2v) is 7.39. The van der Waals surface area contributed by atoms with E-state index in [1.54, 1.807) is 43.5 Å². The van der Waals surface area contributed by atoms with Gasteiger partial charge in [0, 0.05) is 18.7 Å². The van der Waals surface area contributed by atoms with Crippen LogP contribution in [0.3, 0.4) is 0 Å². The summed E-state index contributed by atoms with van der Waals surface area (Å²) in [6, 6.07) is 14.1. The van der Waals surface area contributed by atoms with Crippen molar-refractivity contribution in [3.05, 3.63) is 59.7 Å². The van der Waals surface area contributed by atoms with Crippen molar-refractivity contribution in [1.29, 1.82) is 0 Å². The first-order valence-electron chi connectivity index (χ1n) is 9.31. The van der Waals surface area contributed by atoms with Crippen molar-refractivity contribution in [3.8, 4) is 5.75 Å². The average Bonchev–Trinajstić information content (AvgIpc) is 2.67. The normalized spacial score (nSPS) is 19.4. The van der Waals surface area contributed by atoms with Crippen LogP contribution in [0.15, 0.2) is 48.5 Å². The van der Waals surface area contributed by atoms with Gasteiger partial charge in [0.05, 0.1) is 18.4 Å². The first-order valence-corrected chi connectivity index (χ1v) is 9.31. The number of anilines is 1. The monoisotopic (exact) mass is 366 g/mol. The van der Waals surface area contributed by atoms with Gasteiger partial charge in [-0.2, -0.15) is 0 Å². The third-order valence-electron chi connectivity index (χ3n) is 4.89. The van der Waals surface area contributed by atoms with Crippen LogP contribution in [-0.2, 0) is 0 Å². The number of hydrogen-bond donors (Lipinski definition) is 1. The topological polar surface area (TPSA) is 58.6 Å². The number of methoxy groups -OCH3 is 1. The highest BCUT2D eigenvalue weighted by atomic mass is 16.5. The molecule has 5 heteroatoms. The summed E-state index contributed by atoms with van der Waals surface area (Å²) in [5, 5.41) is 2.88. The molecular formula is C22H26N2O3. The molecule has 0 saturated carbocycles. The molecule has 0 aromatic heterocycles. The number of nitrogens with one attached hydrogen (secondary N) is 1. The van der Waals surface area contributed by atoms with Crippen LogP contribution in [-0.4, -0.2) is 36.9 Å². The van der Waals surface area contributed by atoms with Gasteiger partial charge in [0.2, 0.25) is 0 Å². The lowest BCUT2D eigenvalue weighted by atomic mass is 9.91. The lowest BCUT2D eigenvalue weighted by Gasteiger charge is -2.35. The van der Waals surface area contributed by atoms with Crippen LogP contribution in [0, 0.1) is 11.8 Å². The highest BCUT2D eigenvalue weighted by molar-refractivity contribution is 6.09. The van der Waals surface area contributed by atoms with Gasteiger partial charge in [-0.3, -0.25) is 9.59 Å². The number of likely N-dealkylation sites (tertiary alicyclic amines) is 1. The number of piperidine rings is 1. The zero-order chi connectivity index (χ0) is 19.4. The standard InChI is InChI=1S/C22H26N2O3/c1-15-11-16(2)14-24(13-15)22(26)19-9-4-5-10-20(19)23-21(25)17-7-6-8-18(12-17)27-3/h4-10,12,15-16H,11,13-14H2,1-3H3,(H,23,25). The van der Waals surface area contributed by atoms with Gasteiger partial charge in [0.15, 0.2) is 0 Å². The van der Waals surface area contributed by atoms with Crippen LogP contribution in [0.4, 0.5) is 5.69 Å². The van der Waals surface area contributed by atoms with Gasteiger partial charge in [-0.25, -0.2) is 0 Å². The Balaban J connectivity index is 1.81. The maximum atomic E-state index is 13.1. The van der Waals surface area contributed by atoms with E-state index < -0.39 is 0 Å². The minimum absolute atomic E-state index is 0.0325. The Labute approximate surface area is 160 Å². The van der Waals surface area contributed by atoms with Crippen molar-refractivity contribution in [2.24, 2.45) is 11.8 Å². The first-order chi connectivity index (χ1) is 13.0. The fraction of sp³-hybridized carbons (Fsp3) is 0.364. The Morgan fingerprint density at radius 2 is 1.74 bits per heavy atom. The molecule has 0 radical (unpaired) electrons. The molecule has 0 bridgehead atoms. The van der Waals surface area contributed by atoms with Crippen LogP contribution in [0.25, 0.3) is 0 Å². The molecule has 1 aliphatic heterocycles. The number of rotatable bonds is 4. The van der Waals surface area contributed by atoms with E-state index in [1.165, 1.54) is 0 Å². The molecule has 5 nitrogen and oxygen atoms in total. The van der Waals surface area contributed by atoms with Crippen LogP contribution in [0.5, 0.6) is 5.75 Å². The molecule has 1 saturated heterocycles. The minimum Gasteiger partial charge on any atom is -0.497 e. The maximum absolute atomic E-state index is 13.1. The fourth-order valence-corrected chi connectivity index (χ4v) is 3.74. The number of para-hydroxylation sites is 1. The van der Waals surface area contributed by atoms with E-state index in [0.717, 1.165) is 19.5 Å². The Morgan fingerprint density at radius 3 is 2.44 bits per heavy atom. The summed E-state index contributed by atoms with van der Waals surface area (Å²) in [4.78, 5) is 27.6. The molecule has 3 rings (SSSR count). The van der Waals surface area contributed by atoms with Crippen LogP contribution >= 0.6 is 0 Å². The minimum atomic E-state index is -0.269. The Hall–Kier alpha value is -2.82. The number of amides is 2. The van der Waals surface area contributed by atoms with Crippen LogP contribution < -0.4 is 10.1 Å². The van der Waals surface area contributed by atoms with Crippen molar-refractivity contribution in [2.75, 3.05) is 25.5 Å². The molecule has 2 amide bonds. The lowest BCUT2D eigenvalue weighted by Crippen LogP contribution is -2.42. The summed E-state index contributed by atoms with van der Waals surface area (Å²) in [7, 11) is 1.56. The Bertz CT molecular complexity index is 824. The molecule has 142 valence electrons. The molecule has 2 atom stereocenters. The summed E-state index contributed by atoms with van der Waals surface area (Å²) >= 11 is 0. The number of carbonyl (C=O) groups is 2. The number of carbonyl (C=O) groups excluding carboxylic acids is 2. The smallest absolute Gasteiger partial charge is 0.255 e. The van der Waals surface area contributed by atoms with Crippen molar-refractivity contribution in [2.45, 2.75) is 20.3 Å². The maximum Gasteiger partial charge on any atom is 0.255 e. The number of ether oxygens (including phenoxy) is 1. The average molecular weight is 366 g/mol. The molecule has 0 spiro atoms. The van der Waals surface area contributed by atoms with Gasteiger partial charge in [-0.1, -0.05) is 32.0 Å². The van der Waals surface area contributed by atoms with Gasteiger partial charge in [-0.15, -0.1) is 0 Å². The largest absolute Gasteiger partial charge is 0.497 e. The van der Waals surface area contributed by atoms with Crippen molar-refractivity contribution >= 4 is 17.5 Å². The van der Waals surface area contributed by atoms with E-state index >= 15 is 0 Å². The molecule has 1 fully saturated rings. The third kappa shape index (κ3) is 4.48. The van der Waals surface area contributed by atoms with Gasteiger partial charge in [0.25, 0.3) is 11.8 Å². The van der Waals surface area contributed by atoms with Gasteiger partial charge in [-0.05, 0) is 48.6 Å². The zero-order valence-corrected chi connectivity index (χ0v) is 16.1. The lowest BCUT2D eigenvalue weighted by molar-refractivity contribution is 0.0624. The molecule has 27 heavy (non-hydrogen) atoms. The Kier molecular flexibility index (Phi) is 5.79. The Morgan fingerprint density at radius 1 is 1.04 bits per heavy atom. The van der Waals surface area contributed by atoms with E-state index in [2.05, 4.69) is 19.2 Å². The number of hydrogen-bond acceptors (Lipinski definition) is 3. The van der Waals surface area contributed by atoms with E-state index in [0.29, 0.717) is 34.4 Å². The second-order valence-electron chi connectivity index (χ2n) is 7.39. The predicted octanol–water partition coefficient (Wildman–Crippen LogP) is 4.07. The summed E-state index contributed by atoms with van der Waals surface area (Å²) in [6.45, 7) is 5.85. The van der Waals surface area contributed by atoms with Crippen LogP contribution in [0.2, 0.25) is 0 Å². The third-order valence-corrected chi connectivity index (χ3v) is 4.89. The SMILES string of the molecule is COc1cccc(C(=O)Nc2ccccc2C(=O)N2CC(C)CC(C)C2)c1. The molecule has 1 N–H and O–H groups in total. The van der Waals surface area contributed by atoms with Crippen LogP contribution in [0.1, 0.15) is 41.0 Å². The molecule has 2 unspecified atom stereocenters.